The highest BCUT2D eigenvalue weighted by atomic mass is 16.3. The second-order valence-electron chi connectivity index (χ2n) is 6.43. The highest BCUT2D eigenvalue weighted by molar-refractivity contribution is 5.33. The molecule has 3 rings (SSSR count). The smallest absolute Gasteiger partial charge is 0.120 e. The summed E-state index contributed by atoms with van der Waals surface area (Å²) < 4.78 is 0. The summed E-state index contributed by atoms with van der Waals surface area (Å²) in [6.07, 6.45) is 0. The molecule has 0 aliphatic heterocycles. The number of para-hydroxylation sites is 1. The van der Waals surface area contributed by atoms with E-state index in [-0.39, 0.29) is 6.04 Å². The molecule has 0 saturated heterocycles. The van der Waals surface area contributed by atoms with E-state index in [4.69, 9.17) is 5.26 Å². The lowest BCUT2D eigenvalue weighted by Gasteiger charge is -2.30. The number of benzene rings is 3. The quantitative estimate of drug-likeness (QED) is 0.683. The zero-order chi connectivity index (χ0) is 18.4. The Labute approximate surface area is 154 Å². The molecule has 0 aliphatic rings. The van der Waals surface area contributed by atoms with E-state index in [2.05, 4.69) is 30.0 Å². The molecule has 0 aromatic heterocycles. The van der Waals surface area contributed by atoms with E-state index in [0.717, 1.165) is 17.7 Å². The maximum Gasteiger partial charge on any atom is 0.120 e. The van der Waals surface area contributed by atoms with Crippen molar-refractivity contribution in [2.45, 2.75) is 26.1 Å². The van der Waals surface area contributed by atoms with Crippen LogP contribution < -0.4 is 0 Å². The standard InChI is InChI=1S/C23H22N2O/c1-18(21-7-3-2-4-8-21)25(17-22-9-5-6-10-23(22)26)16-20-13-11-19(15-24)12-14-20/h2-14,18,26H,16-17H2,1H3/t18-/m0/s1. The molecule has 0 saturated carbocycles. The molecule has 1 atom stereocenters. The number of nitriles is 1. The Hall–Kier alpha value is -3.09. The Kier molecular flexibility index (Phi) is 5.68. The van der Waals surface area contributed by atoms with Crippen LogP contribution >= 0.6 is 0 Å². The van der Waals surface area contributed by atoms with Crippen molar-refractivity contribution in [3.8, 4) is 11.8 Å². The molecule has 0 spiro atoms. The predicted octanol–water partition coefficient (Wildman–Crippen LogP) is 5.03. The third kappa shape index (κ3) is 4.30. The summed E-state index contributed by atoms with van der Waals surface area (Å²) in [4.78, 5) is 2.33. The lowest BCUT2D eigenvalue weighted by molar-refractivity contribution is 0.190. The minimum absolute atomic E-state index is 0.187. The second kappa shape index (κ2) is 8.33. The first-order valence-corrected chi connectivity index (χ1v) is 8.72. The molecular weight excluding hydrogens is 320 g/mol. The van der Waals surface area contributed by atoms with Gasteiger partial charge in [-0.05, 0) is 36.2 Å². The van der Waals surface area contributed by atoms with Crippen LogP contribution in [0.25, 0.3) is 0 Å². The normalized spacial score (nSPS) is 11.9. The van der Waals surface area contributed by atoms with Crippen molar-refractivity contribution in [1.29, 1.82) is 5.26 Å². The second-order valence-corrected chi connectivity index (χ2v) is 6.43. The molecule has 0 aliphatic carbocycles. The van der Waals surface area contributed by atoms with Gasteiger partial charge in [-0.2, -0.15) is 5.26 Å². The molecule has 3 aromatic rings. The van der Waals surface area contributed by atoms with Crippen LogP contribution in [0.15, 0.2) is 78.9 Å². The minimum atomic E-state index is 0.187. The SMILES string of the molecule is C[C@@H](c1ccccc1)N(Cc1ccc(C#N)cc1)Cc1ccccc1O. The van der Waals surface area contributed by atoms with Crippen molar-refractivity contribution in [2.75, 3.05) is 0 Å². The molecule has 0 radical (unpaired) electrons. The van der Waals surface area contributed by atoms with Crippen LogP contribution in [0.1, 0.15) is 35.2 Å². The van der Waals surface area contributed by atoms with Crippen molar-refractivity contribution < 1.29 is 5.11 Å². The Morgan fingerprint density at radius 2 is 1.54 bits per heavy atom. The fraction of sp³-hybridized carbons (Fsp3) is 0.174. The molecule has 130 valence electrons. The number of rotatable bonds is 6. The van der Waals surface area contributed by atoms with E-state index in [1.54, 1.807) is 6.07 Å². The molecule has 3 nitrogen and oxygen atoms in total. The first-order chi connectivity index (χ1) is 12.7. The van der Waals surface area contributed by atoms with Gasteiger partial charge in [0.2, 0.25) is 0 Å². The van der Waals surface area contributed by atoms with Crippen molar-refractivity contribution in [1.82, 2.24) is 4.90 Å². The summed E-state index contributed by atoms with van der Waals surface area (Å²) in [6, 6.07) is 27.9. The fourth-order valence-electron chi connectivity index (χ4n) is 3.05. The molecule has 3 heteroatoms. The first-order valence-electron chi connectivity index (χ1n) is 8.72. The van der Waals surface area contributed by atoms with Crippen LogP contribution in [0.2, 0.25) is 0 Å². The van der Waals surface area contributed by atoms with Crippen LogP contribution in [-0.4, -0.2) is 10.0 Å². The molecule has 0 heterocycles. The number of hydrogen-bond donors (Lipinski definition) is 1. The number of nitrogens with zero attached hydrogens (tertiary/aromatic N) is 2. The molecule has 1 N–H and O–H groups in total. The van der Waals surface area contributed by atoms with Crippen molar-refractivity contribution in [3.05, 3.63) is 101 Å². The van der Waals surface area contributed by atoms with Crippen LogP contribution in [0.3, 0.4) is 0 Å². The zero-order valence-corrected chi connectivity index (χ0v) is 14.8. The molecular formula is C23H22N2O. The summed E-state index contributed by atoms with van der Waals surface area (Å²) in [6.45, 7) is 3.55. The number of hydrogen-bond acceptors (Lipinski definition) is 3. The molecule has 0 bridgehead atoms. The third-order valence-corrected chi connectivity index (χ3v) is 4.66. The first kappa shape index (κ1) is 17.7. The van der Waals surface area contributed by atoms with Crippen molar-refractivity contribution in [3.63, 3.8) is 0 Å². The van der Waals surface area contributed by atoms with E-state index in [9.17, 15) is 5.11 Å². The third-order valence-electron chi connectivity index (χ3n) is 4.66. The van der Waals surface area contributed by atoms with E-state index >= 15 is 0 Å². The average Bonchev–Trinajstić information content (AvgIpc) is 2.70. The van der Waals surface area contributed by atoms with Gasteiger partial charge in [0, 0.05) is 24.7 Å². The molecule has 0 unspecified atom stereocenters. The van der Waals surface area contributed by atoms with E-state index in [1.807, 2.05) is 60.7 Å². The van der Waals surface area contributed by atoms with Crippen molar-refractivity contribution in [2.24, 2.45) is 0 Å². The molecule has 3 aromatic carbocycles. The Bertz CT molecular complexity index is 882. The zero-order valence-electron chi connectivity index (χ0n) is 14.8. The Morgan fingerprint density at radius 1 is 0.885 bits per heavy atom. The van der Waals surface area contributed by atoms with Crippen LogP contribution in [0, 0.1) is 11.3 Å². The molecule has 0 fully saturated rings. The number of phenols is 1. The monoisotopic (exact) mass is 342 g/mol. The maximum atomic E-state index is 10.2. The summed E-state index contributed by atoms with van der Waals surface area (Å²) in [5.41, 5.74) is 3.94. The van der Waals surface area contributed by atoms with Gasteiger partial charge >= 0.3 is 0 Å². The summed E-state index contributed by atoms with van der Waals surface area (Å²) >= 11 is 0. The van der Waals surface area contributed by atoms with Gasteiger partial charge in [0.05, 0.1) is 11.6 Å². The van der Waals surface area contributed by atoms with Gasteiger partial charge in [-0.3, -0.25) is 4.90 Å². The topological polar surface area (TPSA) is 47.3 Å². The lowest BCUT2D eigenvalue weighted by Crippen LogP contribution is -2.26. The van der Waals surface area contributed by atoms with E-state index in [0.29, 0.717) is 17.9 Å². The number of aromatic hydroxyl groups is 1. The Balaban J connectivity index is 1.87. The lowest BCUT2D eigenvalue weighted by atomic mass is 10.0. The summed E-state index contributed by atoms with van der Waals surface area (Å²) in [5.74, 6) is 0.317. The van der Waals surface area contributed by atoms with Gasteiger partial charge in [-0.25, -0.2) is 0 Å². The van der Waals surface area contributed by atoms with Crippen LogP contribution in [-0.2, 0) is 13.1 Å². The Morgan fingerprint density at radius 3 is 2.19 bits per heavy atom. The van der Waals surface area contributed by atoms with Gasteiger partial charge < -0.3 is 5.11 Å². The van der Waals surface area contributed by atoms with Gasteiger partial charge in [-0.15, -0.1) is 0 Å². The van der Waals surface area contributed by atoms with Crippen molar-refractivity contribution >= 4 is 0 Å². The van der Waals surface area contributed by atoms with E-state index < -0.39 is 0 Å². The molecule has 0 amide bonds. The van der Waals surface area contributed by atoms with Gasteiger partial charge in [-0.1, -0.05) is 60.7 Å². The van der Waals surface area contributed by atoms with E-state index in [1.165, 1.54) is 5.56 Å². The number of phenolic OH excluding ortho intramolecular Hbond substituents is 1. The minimum Gasteiger partial charge on any atom is -0.508 e. The van der Waals surface area contributed by atoms with Crippen LogP contribution in [0.5, 0.6) is 5.75 Å². The van der Waals surface area contributed by atoms with Gasteiger partial charge in [0.1, 0.15) is 5.75 Å². The summed E-state index contributed by atoms with van der Waals surface area (Å²) in [7, 11) is 0. The average molecular weight is 342 g/mol. The predicted molar refractivity (Wildman–Crippen MR) is 103 cm³/mol. The molecule has 26 heavy (non-hydrogen) atoms. The van der Waals surface area contributed by atoms with Gasteiger partial charge in [0.15, 0.2) is 0 Å². The van der Waals surface area contributed by atoms with Gasteiger partial charge in [0.25, 0.3) is 0 Å². The fourth-order valence-corrected chi connectivity index (χ4v) is 3.05. The largest absolute Gasteiger partial charge is 0.508 e. The van der Waals surface area contributed by atoms with Crippen LogP contribution in [0.4, 0.5) is 0 Å². The highest BCUT2D eigenvalue weighted by Crippen LogP contribution is 2.27. The maximum absolute atomic E-state index is 10.2. The summed E-state index contributed by atoms with van der Waals surface area (Å²) in [5, 5.41) is 19.2. The highest BCUT2D eigenvalue weighted by Gasteiger charge is 2.18.